The number of aromatic nitrogens is 2. The van der Waals surface area contributed by atoms with Gasteiger partial charge in [-0.1, -0.05) is 32.1 Å². The molecule has 1 saturated heterocycles. The van der Waals surface area contributed by atoms with Crippen LogP contribution in [0.4, 0.5) is 4.79 Å². The fourth-order valence-electron chi connectivity index (χ4n) is 5.55. The zero-order chi connectivity index (χ0) is 22.4. The molecular formula is C23H31N5O3S. The van der Waals surface area contributed by atoms with Crippen LogP contribution in [0.3, 0.4) is 0 Å². The third kappa shape index (κ3) is 3.70. The Hall–Kier alpha value is -2.42. The standard InChI is InChI=1S/C23H31N5O3S/c1-14-16-12-19(32-22(16)28(25-14)15-8-4-3-5-9-15)21(30)24-17-10-6-7-11-18(17)27-20(29)13-26(2)23(27)31/h12,15,17-18H,3-11,13H2,1-2H3,(H,24,30). The van der Waals surface area contributed by atoms with Gasteiger partial charge in [-0.15, -0.1) is 11.3 Å². The number of thiophene rings is 1. The number of urea groups is 1. The summed E-state index contributed by atoms with van der Waals surface area (Å²) in [7, 11) is 1.64. The van der Waals surface area contributed by atoms with Crippen LogP contribution in [0.25, 0.3) is 10.2 Å². The van der Waals surface area contributed by atoms with E-state index in [4.69, 9.17) is 5.10 Å². The molecule has 0 bridgehead atoms. The van der Waals surface area contributed by atoms with Gasteiger partial charge >= 0.3 is 6.03 Å². The molecule has 3 fully saturated rings. The number of amides is 4. The number of carbonyl (C=O) groups is 3. The van der Waals surface area contributed by atoms with Crippen molar-refractivity contribution in [1.29, 1.82) is 0 Å². The number of carbonyl (C=O) groups excluding carboxylic acids is 3. The Morgan fingerprint density at radius 1 is 1.09 bits per heavy atom. The fraction of sp³-hybridized carbons (Fsp3) is 0.652. The number of nitrogens with zero attached hydrogens (tertiary/aromatic N) is 4. The smallest absolute Gasteiger partial charge is 0.327 e. The molecule has 2 saturated carbocycles. The first-order chi connectivity index (χ1) is 15.4. The van der Waals surface area contributed by atoms with Crippen molar-refractivity contribution in [2.24, 2.45) is 0 Å². The van der Waals surface area contributed by atoms with Gasteiger partial charge in [0.1, 0.15) is 11.4 Å². The summed E-state index contributed by atoms with van der Waals surface area (Å²) in [6, 6.07) is 1.63. The van der Waals surface area contributed by atoms with Crippen LogP contribution in [-0.2, 0) is 4.79 Å². The summed E-state index contributed by atoms with van der Waals surface area (Å²) in [6.45, 7) is 2.12. The average molecular weight is 458 g/mol. The number of hydrogen-bond acceptors (Lipinski definition) is 5. The van der Waals surface area contributed by atoms with Gasteiger partial charge < -0.3 is 10.2 Å². The summed E-state index contributed by atoms with van der Waals surface area (Å²) in [5.41, 5.74) is 0.965. The second-order valence-corrected chi connectivity index (χ2v) is 10.5. The molecule has 2 atom stereocenters. The zero-order valence-electron chi connectivity index (χ0n) is 18.8. The van der Waals surface area contributed by atoms with Gasteiger partial charge in [-0.3, -0.25) is 19.2 Å². The van der Waals surface area contributed by atoms with Crippen LogP contribution in [0, 0.1) is 6.92 Å². The Kier molecular flexibility index (Phi) is 5.69. The zero-order valence-corrected chi connectivity index (χ0v) is 19.6. The SMILES string of the molecule is Cc1nn(C2CCCCC2)c2sc(C(=O)NC3CCCCC3N3C(=O)CN(C)C3=O)cc12. The molecule has 1 N–H and O–H groups in total. The van der Waals surface area contributed by atoms with Crippen molar-refractivity contribution in [3.8, 4) is 0 Å². The highest BCUT2D eigenvalue weighted by Gasteiger charge is 2.43. The minimum absolute atomic E-state index is 0.114. The first kappa shape index (κ1) is 21.4. The second kappa shape index (κ2) is 8.50. The number of aryl methyl sites for hydroxylation is 1. The molecule has 9 heteroatoms. The van der Waals surface area contributed by atoms with Gasteiger partial charge in [-0.25, -0.2) is 4.79 Å². The second-order valence-electron chi connectivity index (χ2n) is 9.49. The molecule has 2 aliphatic carbocycles. The van der Waals surface area contributed by atoms with Crippen molar-refractivity contribution in [3.63, 3.8) is 0 Å². The van der Waals surface area contributed by atoms with Gasteiger partial charge in [0.15, 0.2) is 0 Å². The lowest BCUT2D eigenvalue weighted by molar-refractivity contribution is -0.127. The molecule has 8 nitrogen and oxygen atoms in total. The summed E-state index contributed by atoms with van der Waals surface area (Å²) in [5, 5.41) is 9.00. The van der Waals surface area contributed by atoms with Crippen LogP contribution < -0.4 is 5.32 Å². The van der Waals surface area contributed by atoms with E-state index in [1.807, 2.05) is 13.0 Å². The monoisotopic (exact) mass is 457 g/mol. The van der Waals surface area contributed by atoms with E-state index in [0.717, 1.165) is 54.4 Å². The van der Waals surface area contributed by atoms with Crippen LogP contribution in [-0.4, -0.2) is 63.1 Å². The molecular weight excluding hydrogens is 426 g/mol. The Labute approximate surface area is 191 Å². The fourth-order valence-corrected chi connectivity index (χ4v) is 6.69. The lowest BCUT2D eigenvalue weighted by Gasteiger charge is -2.36. The molecule has 2 unspecified atom stereocenters. The van der Waals surface area contributed by atoms with Crippen molar-refractivity contribution in [1.82, 2.24) is 24.9 Å². The summed E-state index contributed by atoms with van der Waals surface area (Å²) in [4.78, 5) is 42.8. The van der Waals surface area contributed by atoms with Gasteiger partial charge in [0.25, 0.3) is 11.8 Å². The van der Waals surface area contributed by atoms with Gasteiger partial charge in [0.05, 0.1) is 28.7 Å². The molecule has 0 aromatic carbocycles. The maximum absolute atomic E-state index is 13.2. The minimum Gasteiger partial charge on any atom is -0.347 e. The summed E-state index contributed by atoms with van der Waals surface area (Å²) in [5.74, 6) is -0.293. The van der Waals surface area contributed by atoms with Crippen LogP contribution >= 0.6 is 11.3 Å². The predicted molar refractivity (Wildman–Crippen MR) is 123 cm³/mol. The van der Waals surface area contributed by atoms with Gasteiger partial charge in [-0.2, -0.15) is 5.10 Å². The first-order valence-corrected chi connectivity index (χ1v) is 12.6. The summed E-state index contributed by atoms with van der Waals surface area (Å²) < 4.78 is 2.14. The maximum atomic E-state index is 13.2. The van der Waals surface area contributed by atoms with E-state index >= 15 is 0 Å². The quantitative estimate of drug-likeness (QED) is 0.707. The molecule has 172 valence electrons. The highest BCUT2D eigenvalue weighted by Crippen LogP contribution is 2.36. The van der Waals surface area contributed by atoms with Crippen LogP contribution in [0.2, 0.25) is 0 Å². The number of rotatable bonds is 4. The molecule has 3 aliphatic rings. The van der Waals surface area contributed by atoms with Crippen LogP contribution in [0.15, 0.2) is 6.07 Å². The maximum Gasteiger partial charge on any atom is 0.327 e. The Morgan fingerprint density at radius 2 is 1.81 bits per heavy atom. The third-order valence-electron chi connectivity index (χ3n) is 7.26. The summed E-state index contributed by atoms with van der Waals surface area (Å²) in [6.07, 6.45) is 9.49. The van der Waals surface area contributed by atoms with Gasteiger partial charge in [0.2, 0.25) is 0 Å². The minimum atomic E-state index is -0.272. The molecule has 2 aromatic rings. The van der Waals surface area contributed by atoms with E-state index in [-0.39, 0.29) is 36.5 Å². The predicted octanol–water partition coefficient (Wildman–Crippen LogP) is 3.85. The van der Waals surface area contributed by atoms with E-state index in [9.17, 15) is 14.4 Å². The summed E-state index contributed by atoms with van der Waals surface area (Å²) >= 11 is 1.50. The van der Waals surface area contributed by atoms with Crippen molar-refractivity contribution in [2.45, 2.75) is 82.8 Å². The van der Waals surface area contributed by atoms with Crippen LogP contribution in [0.1, 0.15) is 79.2 Å². The Morgan fingerprint density at radius 3 is 2.53 bits per heavy atom. The van der Waals surface area contributed by atoms with E-state index in [1.54, 1.807) is 7.05 Å². The van der Waals surface area contributed by atoms with E-state index in [1.165, 1.54) is 40.4 Å². The van der Waals surface area contributed by atoms with E-state index in [0.29, 0.717) is 10.9 Å². The van der Waals surface area contributed by atoms with Gasteiger partial charge in [0, 0.05) is 12.4 Å². The molecule has 4 amide bonds. The molecule has 0 spiro atoms. The Bertz CT molecular complexity index is 1050. The van der Waals surface area contributed by atoms with E-state index < -0.39 is 0 Å². The number of fused-ring (bicyclic) bond motifs is 1. The van der Waals surface area contributed by atoms with Crippen molar-refractivity contribution < 1.29 is 14.4 Å². The lowest BCUT2D eigenvalue weighted by Crippen LogP contribution is -2.55. The Balaban J connectivity index is 1.37. The number of hydrogen-bond donors (Lipinski definition) is 1. The van der Waals surface area contributed by atoms with E-state index in [2.05, 4.69) is 10.00 Å². The topological polar surface area (TPSA) is 87.5 Å². The van der Waals surface area contributed by atoms with Crippen molar-refractivity contribution in [2.75, 3.05) is 13.6 Å². The largest absolute Gasteiger partial charge is 0.347 e. The highest BCUT2D eigenvalue weighted by atomic mass is 32.1. The molecule has 0 radical (unpaired) electrons. The number of nitrogens with one attached hydrogen (secondary N) is 1. The van der Waals surface area contributed by atoms with Crippen LogP contribution in [0.5, 0.6) is 0 Å². The lowest BCUT2D eigenvalue weighted by atomic mass is 9.89. The average Bonchev–Trinajstić information content (AvgIpc) is 3.43. The third-order valence-corrected chi connectivity index (χ3v) is 8.39. The molecule has 3 heterocycles. The van der Waals surface area contributed by atoms with Gasteiger partial charge in [-0.05, 0) is 38.7 Å². The van der Waals surface area contributed by atoms with Crippen molar-refractivity contribution in [3.05, 3.63) is 16.6 Å². The molecule has 32 heavy (non-hydrogen) atoms. The number of imide groups is 1. The number of likely N-dealkylation sites (N-methyl/N-ethyl adjacent to an activating group) is 1. The van der Waals surface area contributed by atoms with Crippen molar-refractivity contribution >= 4 is 39.4 Å². The molecule has 1 aliphatic heterocycles. The first-order valence-electron chi connectivity index (χ1n) is 11.8. The molecule has 5 rings (SSSR count). The normalized spacial score (nSPS) is 25.2. The molecule has 2 aromatic heterocycles. The highest BCUT2D eigenvalue weighted by molar-refractivity contribution is 7.20.